The minimum Gasteiger partial charge on any atom is -0.466 e. The van der Waals surface area contributed by atoms with Gasteiger partial charge in [0.25, 0.3) is 0 Å². The lowest BCUT2D eigenvalue weighted by Crippen LogP contribution is -2.29. The van der Waals surface area contributed by atoms with Gasteiger partial charge in [-0.15, -0.1) is 0 Å². The average molecular weight is 310 g/mol. The lowest BCUT2D eigenvalue weighted by atomic mass is 9.85. The molecule has 0 unspecified atom stereocenters. The van der Waals surface area contributed by atoms with Gasteiger partial charge in [-0.05, 0) is 54.8 Å². The third-order valence-electron chi connectivity index (χ3n) is 2.66. The van der Waals surface area contributed by atoms with Crippen molar-refractivity contribution in [2.45, 2.75) is 27.2 Å². The van der Waals surface area contributed by atoms with Crippen molar-refractivity contribution in [2.24, 2.45) is 5.41 Å². The van der Waals surface area contributed by atoms with Gasteiger partial charge in [-0.25, -0.2) is 0 Å². The van der Waals surface area contributed by atoms with Crippen LogP contribution in [0, 0.1) is 16.7 Å². The highest BCUT2D eigenvalue weighted by atomic mass is 79.9. The van der Waals surface area contributed by atoms with E-state index in [0.29, 0.717) is 18.6 Å². The zero-order valence-electron chi connectivity index (χ0n) is 10.8. The lowest BCUT2D eigenvalue weighted by molar-refractivity contribution is -0.153. The quantitative estimate of drug-likeness (QED) is 0.800. The molecule has 0 aliphatic heterocycles. The maximum atomic E-state index is 11.8. The van der Waals surface area contributed by atoms with E-state index in [9.17, 15) is 4.79 Å². The van der Waals surface area contributed by atoms with Crippen molar-refractivity contribution in [3.63, 3.8) is 0 Å². The summed E-state index contributed by atoms with van der Waals surface area (Å²) < 4.78 is 5.81. The predicted octanol–water partition coefficient (Wildman–Crippen LogP) is 3.45. The Morgan fingerprint density at radius 3 is 2.72 bits per heavy atom. The molecule has 4 heteroatoms. The molecule has 0 fully saturated rings. The summed E-state index contributed by atoms with van der Waals surface area (Å²) in [6.45, 7) is 5.86. The van der Waals surface area contributed by atoms with Crippen LogP contribution in [0.2, 0.25) is 0 Å². The molecule has 18 heavy (non-hydrogen) atoms. The van der Waals surface area contributed by atoms with Gasteiger partial charge in [0, 0.05) is 4.47 Å². The van der Waals surface area contributed by atoms with Gasteiger partial charge in [-0.3, -0.25) is 4.79 Å². The molecule has 0 saturated heterocycles. The summed E-state index contributed by atoms with van der Waals surface area (Å²) in [7, 11) is 0. The van der Waals surface area contributed by atoms with Crippen LogP contribution >= 0.6 is 15.9 Å². The largest absolute Gasteiger partial charge is 0.466 e. The van der Waals surface area contributed by atoms with Gasteiger partial charge in [-0.1, -0.05) is 12.1 Å². The molecule has 0 aliphatic carbocycles. The molecule has 0 atom stereocenters. The van der Waals surface area contributed by atoms with Crippen molar-refractivity contribution in [1.82, 2.24) is 0 Å². The molecule has 0 bridgehead atoms. The van der Waals surface area contributed by atoms with Crippen LogP contribution in [-0.2, 0) is 16.0 Å². The molecule has 0 radical (unpaired) electrons. The molecule has 1 aromatic rings. The number of carbonyl (C=O) groups excluding carboxylic acids is 1. The van der Waals surface area contributed by atoms with Crippen LogP contribution in [0.25, 0.3) is 0 Å². The van der Waals surface area contributed by atoms with Gasteiger partial charge >= 0.3 is 5.97 Å². The molecule has 0 aliphatic rings. The molecule has 0 aromatic heterocycles. The Hall–Kier alpha value is -1.34. The Morgan fingerprint density at radius 2 is 2.17 bits per heavy atom. The molecule has 1 aromatic carbocycles. The van der Waals surface area contributed by atoms with Gasteiger partial charge in [0.15, 0.2) is 0 Å². The van der Waals surface area contributed by atoms with Crippen LogP contribution in [-0.4, -0.2) is 12.6 Å². The fourth-order valence-electron chi connectivity index (χ4n) is 1.68. The van der Waals surface area contributed by atoms with E-state index in [4.69, 9.17) is 10.00 Å². The van der Waals surface area contributed by atoms with E-state index in [2.05, 4.69) is 22.0 Å². The van der Waals surface area contributed by atoms with E-state index in [1.54, 1.807) is 13.0 Å². The minimum atomic E-state index is -0.605. The topological polar surface area (TPSA) is 50.1 Å². The number of nitriles is 1. The second-order valence-electron chi connectivity index (χ2n) is 4.67. The second kappa shape index (κ2) is 6.01. The summed E-state index contributed by atoms with van der Waals surface area (Å²) >= 11 is 3.41. The summed E-state index contributed by atoms with van der Waals surface area (Å²) in [5, 5.41) is 8.96. The summed E-state index contributed by atoms with van der Waals surface area (Å²) in [4.78, 5) is 11.8. The van der Waals surface area contributed by atoms with Crippen molar-refractivity contribution in [3.05, 3.63) is 33.8 Å². The Bertz CT molecular complexity index is 489. The maximum Gasteiger partial charge on any atom is 0.311 e. The highest BCUT2D eigenvalue weighted by Crippen LogP contribution is 2.29. The molecule has 0 heterocycles. The Morgan fingerprint density at radius 1 is 1.50 bits per heavy atom. The minimum absolute atomic E-state index is 0.223. The van der Waals surface area contributed by atoms with Gasteiger partial charge in [0.1, 0.15) is 6.07 Å². The normalized spacial score (nSPS) is 10.8. The summed E-state index contributed by atoms with van der Waals surface area (Å²) in [6.07, 6.45) is 0.530. The van der Waals surface area contributed by atoms with Crippen molar-refractivity contribution < 1.29 is 9.53 Å². The molecular formula is C14H16BrNO2. The van der Waals surface area contributed by atoms with Crippen LogP contribution in [0.4, 0.5) is 0 Å². The zero-order valence-corrected chi connectivity index (χ0v) is 12.4. The average Bonchev–Trinajstić information content (AvgIpc) is 2.32. The number of hydrogen-bond acceptors (Lipinski definition) is 3. The number of benzene rings is 1. The fraction of sp³-hybridized carbons (Fsp3) is 0.429. The Balaban J connectivity index is 2.98. The number of halogens is 1. The van der Waals surface area contributed by atoms with Crippen LogP contribution in [0.15, 0.2) is 22.7 Å². The van der Waals surface area contributed by atoms with E-state index in [0.717, 1.165) is 10.0 Å². The van der Waals surface area contributed by atoms with Crippen LogP contribution in [0.5, 0.6) is 0 Å². The number of hydrogen-bond donors (Lipinski definition) is 0. The molecule has 0 spiro atoms. The van der Waals surface area contributed by atoms with E-state index in [-0.39, 0.29) is 5.97 Å². The SMILES string of the molecule is CCOC(=O)C(C)(C)Cc1cccc(C#N)c1Br. The zero-order chi connectivity index (χ0) is 13.8. The van der Waals surface area contributed by atoms with E-state index < -0.39 is 5.41 Å². The first-order valence-corrected chi connectivity index (χ1v) is 6.56. The van der Waals surface area contributed by atoms with Gasteiger partial charge < -0.3 is 4.74 Å². The maximum absolute atomic E-state index is 11.8. The monoisotopic (exact) mass is 309 g/mol. The first-order valence-electron chi connectivity index (χ1n) is 5.77. The van der Waals surface area contributed by atoms with Crippen molar-refractivity contribution in [1.29, 1.82) is 5.26 Å². The smallest absolute Gasteiger partial charge is 0.311 e. The number of esters is 1. The molecule has 1 rings (SSSR count). The predicted molar refractivity (Wildman–Crippen MR) is 73.0 cm³/mol. The Labute approximate surface area is 116 Å². The van der Waals surface area contributed by atoms with Gasteiger partial charge in [0.05, 0.1) is 17.6 Å². The van der Waals surface area contributed by atoms with E-state index in [1.807, 2.05) is 26.0 Å². The summed E-state index contributed by atoms with van der Waals surface area (Å²) in [5.41, 5.74) is 0.909. The number of rotatable bonds is 4. The fourth-order valence-corrected chi connectivity index (χ4v) is 2.17. The van der Waals surface area contributed by atoms with Gasteiger partial charge in [0.2, 0.25) is 0 Å². The van der Waals surface area contributed by atoms with Crippen LogP contribution in [0.3, 0.4) is 0 Å². The summed E-state index contributed by atoms with van der Waals surface area (Å²) in [5.74, 6) is -0.223. The lowest BCUT2D eigenvalue weighted by Gasteiger charge is -2.23. The van der Waals surface area contributed by atoms with Crippen LogP contribution < -0.4 is 0 Å². The van der Waals surface area contributed by atoms with Crippen molar-refractivity contribution in [2.75, 3.05) is 6.61 Å². The van der Waals surface area contributed by atoms with Crippen molar-refractivity contribution in [3.8, 4) is 6.07 Å². The molecule has 0 amide bonds. The molecule has 96 valence electrons. The second-order valence-corrected chi connectivity index (χ2v) is 5.46. The molecule has 3 nitrogen and oxygen atoms in total. The highest BCUT2D eigenvalue weighted by molar-refractivity contribution is 9.10. The standard InChI is InChI=1S/C14H16BrNO2/c1-4-18-13(17)14(2,3)8-10-6-5-7-11(9-16)12(10)15/h5-7H,4,8H2,1-3H3. The summed E-state index contributed by atoms with van der Waals surface area (Å²) in [6, 6.07) is 7.58. The van der Waals surface area contributed by atoms with Crippen LogP contribution in [0.1, 0.15) is 31.9 Å². The number of nitrogens with zero attached hydrogens (tertiary/aromatic N) is 1. The van der Waals surface area contributed by atoms with E-state index >= 15 is 0 Å². The Kier molecular flexibility index (Phi) is 4.92. The van der Waals surface area contributed by atoms with Crippen molar-refractivity contribution >= 4 is 21.9 Å². The third-order valence-corrected chi connectivity index (χ3v) is 3.60. The van der Waals surface area contributed by atoms with E-state index in [1.165, 1.54) is 0 Å². The number of ether oxygens (including phenoxy) is 1. The molecule has 0 saturated carbocycles. The van der Waals surface area contributed by atoms with Gasteiger partial charge in [-0.2, -0.15) is 5.26 Å². The first-order chi connectivity index (χ1) is 8.42. The first kappa shape index (κ1) is 14.7. The number of carbonyl (C=O) groups is 1. The third kappa shape index (κ3) is 3.33. The highest BCUT2D eigenvalue weighted by Gasteiger charge is 2.30. The molecular weight excluding hydrogens is 294 g/mol. The molecule has 0 N–H and O–H groups in total.